The van der Waals surface area contributed by atoms with E-state index in [0.29, 0.717) is 19.4 Å². The number of amides is 1. The smallest absolute Gasteiger partial charge is 0.370 e. The summed E-state index contributed by atoms with van der Waals surface area (Å²) in [4.78, 5) is 20.0. The van der Waals surface area contributed by atoms with Gasteiger partial charge >= 0.3 is 5.51 Å². The van der Waals surface area contributed by atoms with Gasteiger partial charge in [-0.3, -0.25) is 4.79 Å². The van der Waals surface area contributed by atoms with Crippen molar-refractivity contribution >= 4 is 35.0 Å². The quantitative estimate of drug-likeness (QED) is 0.446. The molecule has 10 heteroatoms. The lowest BCUT2D eigenvalue weighted by molar-refractivity contribution is -0.132. The van der Waals surface area contributed by atoms with Crippen LogP contribution in [0.15, 0.2) is 47.4 Å². The van der Waals surface area contributed by atoms with Crippen LogP contribution in [0, 0.1) is 0 Å². The zero-order valence-electron chi connectivity index (χ0n) is 21.1. The number of anilines is 1. The summed E-state index contributed by atoms with van der Waals surface area (Å²) in [5.41, 5.74) is -3.05. The molecule has 0 spiro atoms. The molecule has 2 aliphatic heterocycles. The highest BCUT2D eigenvalue weighted by atomic mass is 35.5. The standard InChI is InChI=1S/C27H36ClF3N4OS/c28-21-6-10-24(11-7-21)34-17-3-15-33(18-19-34)14-2-5-26(36)35-16-1-4-23(20-35)32-22-8-12-25(13-9-22)37-27(29,30)31/h6-8,10-13,22-23,32H,1-5,9,14-20H2/t22?,23-/m0/s1. The first kappa shape index (κ1) is 28.3. The van der Waals surface area contributed by atoms with Gasteiger partial charge < -0.3 is 20.0 Å². The lowest BCUT2D eigenvalue weighted by Gasteiger charge is -2.35. The molecular weight excluding hydrogens is 521 g/mol. The van der Waals surface area contributed by atoms with Crippen LogP contribution < -0.4 is 10.2 Å². The fourth-order valence-corrected chi connectivity index (χ4v) is 6.01. The van der Waals surface area contributed by atoms with Gasteiger partial charge in [-0.15, -0.1) is 0 Å². The Kier molecular flexibility index (Phi) is 10.3. The Bertz CT molecular complexity index is 956. The maximum absolute atomic E-state index is 12.9. The number of nitrogens with one attached hydrogen (secondary N) is 1. The molecule has 0 bridgehead atoms. The second-order valence-electron chi connectivity index (χ2n) is 9.96. The number of halogens is 4. The minimum Gasteiger partial charge on any atom is -0.370 e. The predicted octanol–water partition coefficient (Wildman–Crippen LogP) is 5.68. The first-order chi connectivity index (χ1) is 17.7. The molecule has 1 N–H and O–H groups in total. The summed E-state index contributed by atoms with van der Waals surface area (Å²) in [6.45, 7) is 6.39. The number of piperidine rings is 1. The average Bonchev–Trinajstić information content (AvgIpc) is 3.11. The lowest BCUT2D eigenvalue weighted by atomic mass is 10.0. The Morgan fingerprint density at radius 2 is 1.89 bits per heavy atom. The zero-order chi connectivity index (χ0) is 26.3. The number of nitrogens with zero attached hydrogens (tertiary/aromatic N) is 3. The van der Waals surface area contributed by atoms with Crippen molar-refractivity contribution in [2.45, 2.75) is 56.1 Å². The van der Waals surface area contributed by atoms with Crippen LogP contribution in [0.4, 0.5) is 18.9 Å². The van der Waals surface area contributed by atoms with E-state index in [4.69, 9.17) is 11.6 Å². The van der Waals surface area contributed by atoms with E-state index in [1.807, 2.05) is 23.1 Å². The van der Waals surface area contributed by atoms with E-state index in [2.05, 4.69) is 27.2 Å². The number of thioether (sulfide) groups is 1. The van der Waals surface area contributed by atoms with Gasteiger partial charge in [0.2, 0.25) is 5.91 Å². The molecule has 204 valence electrons. The third kappa shape index (κ3) is 9.23. The van der Waals surface area contributed by atoms with Crippen molar-refractivity contribution in [3.63, 3.8) is 0 Å². The Morgan fingerprint density at radius 1 is 1.08 bits per heavy atom. The third-order valence-electron chi connectivity index (χ3n) is 7.17. The molecule has 3 aliphatic rings. The van der Waals surface area contributed by atoms with Crippen molar-refractivity contribution < 1.29 is 18.0 Å². The van der Waals surface area contributed by atoms with Crippen molar-refractivity contribution in [1.82, 2.24) is 15.1 Å². The molecule has 0 radical (unpaired) electrons. The minimum atomic E-state index is -4.26. The predicted molar refractivity (Wildman–Crippen MR) is 146 cm³/mol. The first-order valence-corrected chi connectivity index (χ1v) is 14.4. The van der Waals surface area contributed by atoms with Gasteiger partial charge in [-0.1, -0.05) is 29.8 Å². The van der Waals surface area contributed by atoms with Crippen LogP contribution in [0.25, 0.3) is 0 Å². The van der Waals surface area contributed by atoms with E-state index in [-0.39, 0.29) is 34.7 Å². The second-order valence-corrected chi connectivity index (χ2v) is 11.5. The van der Waals surface area contributed by atoms with E-state index in [1.54, 1.807) is 12.2 Å². The van der Waals surface area contributed by atoms with Crippen molar-refractivity contribution in [3.05, 3.63) is 52.4 Å². The van der Waals surface area contributed by atoms with Crippen LogP contribution >= 0.6 is 23.4 Å². The van der Waals surface area contributed by atoms with Crippen molar-refractivity contribution in [2.75, 3.05) is 50.7 Å². The molecule has 1 amide bonds. The molecular formula is C27H36ClF3N4OS. The number of hydrogen-bond donors (Lipinski definition) is 1. The minimum absolute atomic E-state index is 0.00751. The number of allylic oxidation sites excluding steroid dienone is 1. The summed E-state index contributed by atoms with van der Waals surface area (Å²) < 4.78 is 37.7. The highest BCUT2D eigenvalue weighted by Crippen LogP contribution is 2.38. The average molecular weight is 557 g/mol. The van der Waals surface area contributed by atoms with Crippen LogP contribution in [0.5, 0.6) is 0 Å². The summed E-state index contributed by atoms with van der Waals surface area (Å²) in [5.74, 6) is 0.201. The number of rotatable bonds is 8. The van der Waals surface area contributed by atoms with Gasteiger partial charge in [0, 0.05) is 66.8 Å². The summed E-state index contributed by atoms with van der Waals surface area (Å²) in [5, 5.41) is 4.28. The van der Waals surface area contributed by atoms with Crippen LogP contribution in [-0.2, 0) is 4.79 Å². The number of likely N-dealkylation sites (tertiary alicyclic amines) is 1. The van der Waals surface area contributed by atoms with Crippen molar-refractivity contribution in [1.29, 1.82) is 0 Å². The van der Waals surface area contributed by atoms with Gasteiger partial charge in [-0.05, 0) is 81.2 Å². The van der Waals surface area contributed by atoms with Crippen molar-refractivity contribution in [3.8, 4) is 0 Å². The number of alkyl halides is 3. The van der Waals surface area contributed by atoms with Gasteiger partial charge in [0.15, 0.2) is 0 Å². The third-order valence-corrected chi connectivity index (χ3v) is 8.19. The summed E-state index contributed by atoms with van der Waals surface area (Å²) in [7, 11) is 0. The van der Waals surface area contributed by atoms with Gasteiger partial charge in [0.25, 0.3) is 0 Å². The number of carbonyl (C=O) groups is 1. The van der Waals surface area contributed by atoms with Gasteiger partial charge in [0.1, 0.15) is 0 Å². The zero-order valence-corrected chi connectivity index (χ0v) is 22.6. The van der Waals surface area contributed by atoms with Gasteiger partial charge in [-0.2, -0.15) is 13.2 Å². The summed E-state index contributed by atoms with van der Waals surface area (Å²) in [6.07, 6.45) is 9.93. The Balaban J connectivity index is 1.15. The van der Waals surface area contributed by atoms with E-state index in [9.17, 15) is 18.0 Å². The topological polar surface area (TPSA) is 38.8 Å². The van der Waals surface area contributed by atoms with Crippen LogP contribution in [0.2, 0.25) is 5.02 Å². The maximum atomic E-state index is 12.9. The number of hydrogen-bond acceptors (Lipinski definition) is 5. The fraction of sp³-hybridized carbons (Fsp3) is 0.593. The fourth-order valence-electron chi connectivity index (χ4n) is 5.29. The van der Waals surface area contributed by atoms with E-state index < -0.39 is 5.51 Å². The van der Waals surface area contributed by atoms with Crippen LogP contribution in [0.3, 0.4) is 0 Å². The Hall–Kier alpha value is -1.68. The molecule has 4 rings (SSSR count). The highest BCUT2D eigenvalue weighted by molar-refractivity contribution is 8.04. The molecule has 2 saturated heterocycles. The molecule has 1 unspecified atom stereocenters. The van der Waals surface area contributed by atoms with Crippen molar-refractivity contribution in [2.24, 2.45) is 0 Å². The second kappa shape index (κ2) is 13.4. The molecule has 1 aliphatic carbocycles. The largest absolute Gasteiger partial charge is 0.446 e. The van der Waals surface area contributed by atoms with Crippen LogP contribution in [0.1, 0.15) is 38.5 Å². The molecule has 37 heavy (non-hydrogen) atoms. The molecule has 0 aromatic heterocycles. The molecule has 1 aromatic rings. The Morgan fingerprint density at radius 3 is 2.62 bits per heavy atom. The molecule has 0 saturated carbocycles. The molecule has 5 nitrogen and oxygen atoms in total. The molecule has 2 fully saturated rings. The lowest BCUT2D eigenvalue weighted by Crippen LogP contribution is -2.50. The summed E-state index contributed by atoms with van der Waals surface area (Å²) >= 11 is 5.95. The molecule has 2 atom stereocenters. The van der Waals surface area contributed by atoms with Crippen LogP contribution in [-0.4, -0.2) is 79.1 Å². The van der Waals surface area contributed by atoms with E-state index in [1.165, 1.54) is 5.69 Å². The normalized spacial score (nSPS) is 23.6. The van der Waals surface area contributed by atoms with E-state index >= 15 is 0 Å². The van der Waals surface area contributed by atoms with Gasteiger partial charge in [0.05, 0.1) is 0 Å². The van der Waals surface area contributed by atoms with Gasteiger partial charge in [-0.25, -0.2) is 0 Å². The molecule has 2 heterocycles. The Labute approximate surface area is 227 Å². The first-order valence-electron chi connectivity index (χ1n) is 13.2. The molecule has 1 aromatic carbocycles. The number of carbonyl (C=O) groups excluding carboxylic acids is 1. The SMILES string of the molecule is O=C(CCCN1CCCN(c2ccc(Cl)cc2)CC1)N1CCC[C@H](NC2C=CC(SC(F)(F)F)=CC2)C1. The monoisotopic (exact) mass is 556 g/mol. The van der Waals surface area contributed by atoms with E-state index in [0.717, 1.165) is 70.0 Å². The highest BCUT2D eigenvalue weighted by Gasteiger charge is 2.31. The maximum Gasteiger partial charge on any atom is 0.446 e. The number of benzene rings is 1. The summed E-state index contributed by atoms with van der Waals surface area (Å²) in [6, 6.07) is 8.19.